The molecular weight excluding hydrogens is 292 g/mol. The van der Waals surface area contributed by atoms with E-state index in [-0.39, 0.29) is 11.1 Å². The van der Waals surface area contributed by atoms with E-state index < -0.39 is 11.9 Å². The minimum atomic E-state index is -1.15. The molecule has 0 aromatic rings. The average molecular weight is 312 g/mol. The number of carboxylic acid groups (broad SMARTS) is 1. The normalized spacial score (nSPS) is 18.1. The minimum absolute atomic E-state index is 0.0543. The lowest BCUT2D eigenvalue weighted by Crippen LogP contribution is -2.16. The van der Waals surface area contributed by atoms with Crippen molar-refractivity contribution in [3.63, 3.8) is 0 Å². The van der Waals surface area contributed by atoms with Crippen LogP contribution in [0.1, 0.15) is 27.7 Å². The van der Waals surface area contributed by atoms with Gasteiger partial charge >= 0.3 is 11.9 Å². The Morgan fingerprint density at radius 1 is 0.957 bits per heavy atom. The van der Waals surface area contributed by atoms with Crippen molar-refractivity contribution in [2.24, 2.45) is 0 Å². The van der Waals surface area contributed by atoms with Crippen molar-refractivity contribution in [1.29, 1.82) is 0 Å². The first-order valence-corrected chi connectivity index (χ1v) is 7.31. The van der Waals surface area contributed by atoms with Crippen molar-refractivity contribution < 1.29 is 19.4 Å². The second kappa shape index (κ2) is 6.24. The molecule has 0 radical (unpaired) electrons. The number of carboxylic acids is 1. The Bertz CT molecular complexity index is 780. The van der Waals surface area contributed by atoms with Crippen LogP contribution in [0.2, 0.25) is 0 Å². The van der Waals surface area contributed by atoms with Gasteiger partial charge in [-0.25, -0.2) is 9.59 Å². The predicted octanol–water partition coefficient (Wildman–Crippen LogP) is 3.65. The van der Waals surface area contributed by atoms with Gasteiger partial charge in [0.2, 0.25) is 0 Å². The molecule has 4 heteroatoms. The van der Waals surface area contributed by atoms with Crippen LogP contribution in [0.3, 0.4) is 0 Å². The van der Waals surface area contributed by atoms with E-state index in [1.165, 1.54) is 13.2 Å². The summed E-state index contributed by atoms with van der Waals surface area (Å²) in [6, 6.07) is 0. The molecule has 0 aliphatic heterocycles. The third kappa shape index (κ3) is 2.97. The van der Waals surface area contributed by atoms with Crippen LogP contribution >= 0.6 is 0 Å². The number of rotatable bonds is 2. The number of hydrogen-bond acceptors (Lipinski definition) is 3. The highest BCUT2D eigenvalue weighted by molar-refractivity contribution is 6.09. The standard InChI is InChI=1S/C19H20O4/c1-10-8-12(3)15-11(2)6-7-14(18(20)21)17(19(22)23-5)16(15)13(4)9-10/h6-9H,1-5H3,(H,20,21). The molecule has 0 saturated carbocycles. The molecule has 0 aromatic heterocycles. The number of ether oxygens (including phenoxy) is 1. The zero-order chi connectivity index (χ0) is 17.3. The molecule has 4 nitrogen and oxygen atoms in total. The summed E-state index contributed by atoms with van der Waals surface area (Å²) >= 11 is 0. The van der Waals surface area contributed by atoms with Crippen LogP contribution in [-0.4, -0.2) is 24.2 Å². The lowest BCUT2D eigenvalue weighted by Gasteiger charge is -2.18. The molecule has 2 rings (SSSR count). The van der Waals surface area contributed by atoms with E-state index >= 15 is 0 Å². The van der Waals surface area contributed by atoms with Crippen molar-refractivity contribution >= 4 is 11.9 Å². The molecule has 0 spiro atoms. The second-order valence-electron chi connectivity index (χ2n) is 5.75. The van der Waals surface area contributed by atoms with Gasteiger partial charge in [-0.15, -0.1) is 0 Å². The van der Waals surface area contributed by atoms with Crippen LogP contribution < -0.4 is 0 Å². The van der Waals surface area contributed by atoms with Crippen molar-refractivity contribution in [1.82, 2.24) is 0 Å². The Kier molecular flexibility index (Phi) is 4.55. The van der Waals surface area contributed by atoms with E-state index in [4.69, 9.17) is 4.74 Å². The van der Waals surface area contributed by atoms with Gasteiger partial charge in [-0.05, 0) is 56.1 Å². The molecule has 0 unspecified atom stereocenters. The number of methoxy groups -OCH3 is 1. The van der Waals surface area contributed by atoms with Crippen molar-refractivity contribution in [3.05, 3.63) is 68.9 Å². The summed E-state index contributed by atoms with van der Waals surface area (Å²) < 4.78 is 4.87. The average Bonchev–Trinajstić information content (AvgIpc) is 2.68. The topological polar surface area (TPSA) is 63.6 Å². The summed E-state index contributed by atoms with van der Waals surface area (Å²) in [5, 5.41) is 9.54. The Morgan fingerprint density at radius 3 is 2.17 bits per heavy atom. The number of fused-ring (bicyclic) bond motifs is 1. The lowest BCUT2D eigenvalue weighted by molar-refractivity contribution is -0.138. The molecule has 2 aliphatic carbocycles. The number of carbonyl (C=O) groups is 2. The molecule has 2 aliphatic rings. The van der Waals surface area contributed by atoms with Gasteiger partial charge in [0.25, 0.3) is 0 Å². The van der Waals surface area contributed by atoms with Crippen molar-refractivity contribution in [2.75, 3.05) is 7.11 Å². The molecule has 0 saturated heterocycles. The van der Waals surface area contributed by atoms with Gasteiger partial charge in [0, 0.05) is 5.57 Å². The molecule has 0 heterocycles. The molecule has 0 amide bonds. The number of allylic oxidation sites excluding steroid dienone is 10. The van der Waals surface area contributed by atoms with E-state index in [1.54, 1.807) is 6.08 Å². The number of carbonyl (C=O) groups excluding carboxylic acids is 1. The fourth-order valence-corrected chi connectivity index (χ4v) is 3.10. The lowest BCUT2D eigenvalue weighted by atomic mass is 9.86. The highest BCUT2D eigenvalue weighted by Crippen LogP contribution is 2.39. The molecule has 0 atom stereocenters. The molecule has 1 N–H and O–H groups in total. The van der Waals surface area contributed by atoms with Gasteiger partial charge in [0.15, 0.2) is 0 Å². The monoisotopic (exact) mass is 312 g/mol. The maximum atomic E-state index is 12.4. The Labute approximate surface area is 135 Å². The highest BCUT2D eigenvalue weighted by Gasteiger charge is 2.30. The Hall–Kier alpha value is -2.62. The van der Waals surface area contributed by atoms with Crippen LogP contribution in [0.5, 0.6) is 0 Å². The van der Waals surface area contributed by atoms with Crippen molar-refractivity contribution in [2.45, 2.75) is 27.7 Å². The maximum absolute atomic E-state index is 12.4. The zero-order valence-electron chi connectivity index (χ0n) is 14.0. The van der Waals surface area contributed by atoms with E-state index in [0.29, 0.717) is 5.57 Å². The smallest absolute Gasteiger partial charge is 0.339 e. The largest absolute Gasteiger partial charge is 0.478 e. The van der Waals surface area contributed by atoms with Crippen LogP contribution in [-0.2, 0) is 14.3 Å². The number of hydrogen-bond donors (Lipinski definition) is 1. The minimum Gasteiger partial charge on any atom is -0.478 e. The van der Waals surface area contributed by atoms with E-state index in [2.05, 4.69) is 0 Å². The molecule has 23 heavy (non-hydrogen) atoms. The SMILES string of the molecule is COC(=O)C1=C2C(C)=CC(C)=CC(C)=C2C(C)=CC=C1C(=O)O. The van der Waals surface area contributed by atoms with Crippen molar-refractivity contribution in [3.8, 4) is 0 Å². The van der Waals surface area contributed by atoms with Gasteiger partial charge < -0.3 is 9.84 Å². The summed E-state index contributed by atoms with van der Waals surface area (Å²) in [5.41, 5.74) is 5.33. The van der Waals surface area contributed by atoms with Gasteiger partial charge in [0.05, 0.1) is 18.3 Å². The predicted molar refractivity (Wildman–Crippen MR) is 88.7 cm³/mol. The summed E-state index contributed by atoms with van der Waals surface area (Å²) in [6.45, 7) is 7.73. The molecular formula is C19H20O4. The fraction of sp³-hybridized carbons (Fsp3) is 0.263. The van der Waals surface area contributed by atoms with Gasteiger partial charge in [-0.3, -0.25) is 0 Å². The quantitative estimate of drug-likeness (QED) is 0.791. The molecule has 120 valence electrons. The summed E-state index contributed by atoms with van der Waals surface area (Å²) in [6.07, 6.45) is 7.19. The van der Waals surface area contributed by atoms with E-state index in [9.17, 15) is 14.7 Å². The second-order valence-corrected chi connectivity index (χ2v) is 5.75. The van der Waals surface area contributed by atoms with Crippen LogP contribution in [0.25, 0.3) is 0 Å². The first kappa shape index (κ1) is 16.7. The Morgan fingerprint density at radius 2 is 1.61 bits per heavy atom. The highest BCUT2D eigenvalue weighted by atomic mass is 16.5. The summed E-state index contributed by atoms with van der Waals surface area (Å²) in [7, 11) is 1.26. The first-order chi connectivity index (χ1) is 10.8. The summed E-state index contributed by atoms with van der Waals surface area (Å²) in [5.74, 6) is -1.79. The third-order valence-corrected chi connectivity index (χ3v) is 3.96. The van der Waals surface area contributed by atoms with Gasteiger partial charge in [0.1, 0.15) is 0 Å². The maximum Gasteiger partial charge on any atom is 0.339 e. The summed E-state index contributed by atoms with van der Waals surface area (Å²) in [4.78, 5) is 24.0. The third-order valence-electron chi connectivity index (χ3n) is 3.96. The molecule has 0 aromatic carbocycles. The van der Waals surface area contributed by atoms with Crippen LogP contribution in [0.4, 0.5) is 0 Å². The van der Waals surface area contributed by atoms with Crippen LogP contribution in [0.15, 0.2) is 68.9 Å². The van der Waals surface area contributed by atoms with E-state index in [0.717, 1.165) is 27.9 Å². The van der Waals surface area contributed by atoms with Gasteiger partial charge in [-0.2, -0.15) is 0 Å². The molecule has 0 bridgehead atoms. The Balaban J connectivity index is 2.98. The fourth-order valence-electron chi connectivity index (χ4n) is 3.10. The number of esters is 1. The van der Waals surface area contributed by atoms with Crippen LogP contribution in [0, 0.1) is 0 Å². The zero-order valence-corrected chi connectivity index (χ0v) is 14.0. The number of aliphatic carboxylic acids is 1. The molecule has 0 fully saturated rings. The van der Waals surface area contributed by atoms with Gasteiger partial charge in [-0.1, -0.05) is 23.8 Å². The first-order valence-electron chi connectivity index (χ1n) is 7.31. The van der Waals surface area contributed by atoms with E-state index in [1.807, 2.05) is 39.8 Å².